The second-order valence-electron chi connectivity index (χ2n) is 4.99. The van der Waals surface area contributed by atoms with E-state index in [4.69, 9.17) is 0 Å². The summed E-state index contributed by atoms with van der Waals surface area (Å²) in [7, 11) is -3.30. The summed E-state index contributed by atoms with van der Waals surface area (Å²) in [5, 5.41) is 2.50. The Labute approximate surface area is 122 Å². The minimum absolute atomic E-state index is 0.00812. The van der Waals surface area contributed by atoms with Gasteiger partial charge in [-0.3, -0.25) is 4.79 Å². The monoisotopic (exact) mass is 318 g/mol. The van der Waals surface area contributed by atoms with Gasteiger partial charge < -0.3 is 5.32 Å². The van der Waals surface area contributed by atoms with Crippen LogP contribution < -0.4 is 5.32 Å². The molecule has 2 rings (SSSR count). The van der Waals surface area contributed by atoms with E-state index < -0.39 is 27.6 Å². The first-order valence-corrected chi connectivity index (χ1v) is 8.34. The predicted octanol–water partition coefficient (Wildman–Crippen LogP) is 1.12. The average molecular weight is 318 g/mol. The number of carbonyl (C=O) groups is 1. The Kier molecular flexibility index (Phi) is 4.58. The van der Waals surface area contributed by atoms with Crippen molar-refractivity contribution < 1.29 is 22.0 Å². The van der Waals surface area contributed by atoms with E-state index in [0.717, 1.165) is 31.2 Å². The van der Waals surface area contributed by atoms with Crippen LogP contribution in [0.1, 0.15) is 23.2 Å². The zero-order valence-electron chi connectivity index (χ0n) is 11.5. The molecule has 1 saturated carbocycles. The molecule has 0 aliphatic heterocycles. The van der Waals surface area contributed by atoms with Gasteiger partial charge in [-0.25, -0.2) is 17.2 Å². The predicted molar refractivity (Wildman–Crippen MR) is 73.3 cm³/mol. The third-order valence-electron chi connectivity index (χ3n) is 3.18. The first kappa shape index (κ1) is 15.8. The molecule has 1 aliphatic carbocycles. The molecule has 0 bridgehead atoms. The maximum Gasteiger partial charge on any atom is 0.251 e. The smallest absolute Gasteiger partial charge is 0.251 e. The second-order valence-corrected chi connectivity index (χ2v) is 6.92. The van der Waals surface area contributed by atoms with E-state index in [2.05, 4.69) is 5.32 Å². The Morgan fingerprint density at radius 1 is 1.33 bits per heavy atom. The highest BCUT2D eigenvalue weighted by Crippen LogP contribution is 2.28. The SMILES string of the molecule is CS(=O)(=O)N(CCNC(=O)c1ccc(F)c(F)c1)C1CC1. The first-order valence-electron chi connectivity index (χ1n) is 6.49. The van der Waals surface area contributed by atoms with Gasteiger partial charge in [0.05, 0.1) is 6.26 Å². The van der Waals surface area contributed by atoms with Gasteiger partial charge in [-0.1, -0.05) is 0 Å². The van der Waals surface area contributed by atoms with Crippen molar-refractivity contribution >= 4 is 15.9 Å². The van der Waals surface area contributed by atoms with Gasteiger partial charge in [-0.15, -0.1) is 0 Å². The molecule has 1 N–H and O–H groups in total. The maximum atomic E-state index is 13.0. The minimum atomic E-state index is -3.30. The van der Waals surface area contributed by atoms with Crippen molar-refractivity contribution in [3.63, 3.8) is 0 Å². The summed E-state index contributed by atoms with van der Waals surface area (Å²) in [5.74, 6) is -2.69. The van der Waals surface area contributed by atoms with Gasteiger partial charge in [-0.2, -0.15) is 4.31 Å². The fourth-order valence-electron chi connectivity index (χ4n) is 2.00. The molecule has 1 aromatic rings. The van der Waals surface area contributed by atoms with Crippen LogP contribution in [0.3, 0.4) is 0 Å². The van der Waals surface area contributed by atoms with E-state index in [1.165, 1.54) is 10.4 Å². The number of hydrogen-bond acceptors (Lipinski definition) is 3. The van der Waals surface area contributed by atoms with Crippen molar-refractivity contribution in [2.45, 2.75) is 18.9 Å². The fourth-order valence-corrected chi connectivity index (χ4v) is 3.18. The number of nitrogens with one attached hydrogen (secondary N) is 1. The summed E-state index contributed by atoms with van der Waals surface area (Å²) in [6, 6.07) is 2.86. The average Bonchev–Trinajstić information content (AvgIpc) is 3.20. The van der Waals surface area contributed by atoms with Crippen LogP contribution >= 0.6 is 0 Å². The van der Waals surface area contributed by atoms with Gasteiger partial charge in [0.2, 0.25) is 10.0 Å². The molecule has 5 nitrogen and oxygen atoms in total. The molecule has 1 aromatic carbocycles. The van der Waals surface area contributed by atoms with E-state index in [0.29, 0.717) is 0 Å². The van der Waals surface area contributed by atoms with Gasteiger partial charge in [0, 0.05) is 24.7 Å². The fraction of sp³-hybridized carbons (Fsp3) is 0.462. The van der Waals surface area contributed by atoms with E-state index in [-0.39, 0.29) is 24.7 Å². The molecule has 1 amide bonds. The third kappa shape index (κ3) is 4.21. The molecule has 1 fully saturated rings. The second kappa shape index (κ2) is 6.07. The quantitative estimate of drug-likeness (QED) is 0.855. The highest BCUT2D eigenvalue weighted by molar-refractivity contribution is 7.88. The largest absolute Gasteiger partial charge is 0.351 e. The molecule has 0 spiro atoms. The van der Waals surface area contributed by atoms with E-state index >= 15 is 0 Å². The highest BCUT2D eigenvalue weighted by Gasteiger charge is 2.34. The van der Waals surface area contributed by atoms with Crippen molar-refractivity contribution in [1.82, 2.24) is 9.62 Å². The highest BCUT2D eigenvalue weighted by atomic mass is 32.2. The normalized spacial score (nSPS) is 15.2. The van der Waals surface area contributed by atoms with Crippen LogP contribution in [-0.4, -0.2) is 44.0 Å². The molecular formula is C13H16F2N2O3S. The van der Waals surface area contributed by atoms with Crippen molar-refractivity contribution in [2.75, 3.05) is 19.3 Å². The third-order valence-corrected chi connectivity index (χ3v) is 4.51. The van der Waals surface area contributed by atoms with Crippen molar-refractivity contribution in [1.29, 1.82) is 0 Å². The molecule has 8 heteroatoms. The van der Waals surface area contributed by atoms with Crippen LogP contribution in [0.4, 0.5) is 8.78 Å². The molecule has 0 aromatic heterocycles. The summed E-state index contributed by atoms with van der Waals surface area (Å²) < 4.78 is 50.3. The lowest BCUT2D eigenvalue weighted by molar-refractivity contribution is 0.0951. The minimum Gasteiger partial charge on any atom is -0.351 e. The summed E-state index contributed by atoms with van der Waals surface area (Å²) in [5.41, 5.74) is -0.00812. The van der Waals surface area contributed by atoms with E-state index in [1.807, 2.05) is 0 Å². The van der Waals surface area contributed by atoms with Crippen LogP contribution in [0, 0.1) is 11.6 Å². The number of sulfonamides is 1. The molecule has 0 atom stereocenters. The Balaban J connectivity index is 1.90. The number of benzene rings is 1. The Morgan fingerprint density at radius 3 is 2.52 bits per heavy atom. The molecule has 0 radical (unpaired) electrons. The number of halogens is 2. The van der Waals surface area contributed by atoms with Crippen molar-refractivity contribution in [3.05, 3.63) is 35.4 Å². The number of nitrogens with zero attached hydrogens (tertiary/aromatic N) is 1. The molecular weight excluding hydrogens is 302 g/mol. The van der Waals surface area contributed by atoms with E-state index in [1.54, 1.807) is 0 Å². The van der Waals surface area contributed by atoms with Crippen molar-refractivity contribution in [3.8, 4) is 0 Å². The Bertz CT molecular complexity index is 645. The Morgan fingerprint density at radius 2 is 2.00 bits per heavy atom. The maximum absolute atomic E-state index is 13.0. The molecule has 21 heavy (non-hydrogen) atoms. The topological polar surface area (TPSA) is 66.5 Å². The Hall–Kier alpha value is -1.54. The van der Waals surface area contributed by atoms with E-state index in [9.17, 15) is 22.0 Å². The molecule has 116 valence electrons. The molecule has 0 heterocycles. The summed E-state index contributed by atoms with van der Waals surface area (Å²) in [6.45, 7) is 0.278. The van der Waals surface area contributed by atoms with Gasteiger partial charge in [-0.05, 0) is 31.0 Å². The number of carbonyl (C=O) groups excluding carboxylic acids is 1. The first-order chi connectivity index (χ1) is 9.79. The molecule has 0 unspecified atom stereocenters. The molecule has 0 saturated heterocycles. The number of amides is 1. The lowest BCUT2D eigenvalue weighted by Crippen LogP contribution is -2.39. The van der Waals surface area contributed by atoms with Crippen molar-refractivity contribution in [2.24, 2.45) is 0 Å². The van der Waals surface area contributed by atoms with Crippen LogP contribution in [0.2, 0.25) is 0 Å². The zero-order valence-corrected chi connectivity index (χ0v) is 12.3. The number of hydrogen-bond donors (Lipinski definition) is 1. The lowest BCUT2D eigenvalue weighted by Gasteiger charge is -2.19. The van der Waals surface area contributed by atoms with Crippen LogP contribution in [0.5, 0.6) is 0 Å². The van der Waals surface area contributed by atoms with Gasteiger partial charge in [0.15, 0.2) is 11.6 Å². The summed E-state index contributed by atoms with van der Waals surface area (Å²) in [6.07, 6.45) is 2.77. The van der Waals surface area contributed by atoms with Gasteiger partial charge in [0.1, 0.15) is 0 Å². The number of rotatable bonds is 6. The van der Waals surface area contributed by atoms with Crippen LogP contribution in [0.25, 0.3) is 0 Å². The summed E-state index contributed by atoms with van der Waals surface area (Å²) in [4.78, 5) is 11.8. The van der Waals surface area contributed by atoms with Gasteiger partial charge >= 0.3 is 0 Å². The molecule has 1 aliphatic rings. The standard InChI is InChI=1S/C13H16F2N2O3S/c1-21(19,20)17(10-3-4-10)7-6-16-13(18)9-2-5-11(14)12(15)8-9/h2,5,8,10H,3-4,6-7H2,1H3,(H,16,18). The van der Waals surface area contributed by atoms with Crippen LogP contribution in [0.15, 0.2) is 18.2 Å². The van der Waals surface area contributed by atoms with Gasteiger partial charge in [0.25, 0.3) is 5.91 Å². The van der Waals surface area contributed by atoms with Crippen LogP contribution in [-0.2, 0) is 10.0 Å². The summed E-state index contributed by atoms with van der Waals surface area (Å²) >= 11 is 0. The lowest BCUT2D eigenvalue weighted by atomic mass is 10.2. The zero-order chi connectivity index (χ0) is 15.6.